The topological polar surface area (TPSA) is 61.5 Å². The average Bonchev–Trinajstić information content (AvgIpc) is 2.30. The van der Waals surface area contributed by atoms with Crippen LogP contribution in [-0.4, -0.2) is 20.2 Å². The number of nitrogens with two attached hydrogens (primary N) is 1. The van der Waals surface area contributed by atoms with Crippen LogP contribution in [0.5, 0.6) is 5.75 Å². The van der Waals surface area contributed by atoms with Crippen molar-refractivity contribution in [3.8, 4) is 5.75 Å². The number of carbonyl (C=O) groups is 1. The fourth-order valence-corrected chi connectivity index (χ4v) is 1.40. The quantitative estimate of drug-likeness (QED) is 0.648. The molecule has 86 valence electrons. The van der Waals surface area contributed by atoms with Gasteiger partial charge in [-0.1, -0.05) is 23.7 Å². The SMILES string of the molecule is COC(=O)/C(N)=C/c1cccc(OC)c1Cl. The molecule has 0 unspecified atom stereocenters. The van der Waals surface area contributed by atoms with E-state index in [-0.39, 0.29) is 5.70 Å². The lowest BCUT2D eigenvalue weighted by atomic mass is 10.2. The predicted molar refractivity (Wildman–Crippen MR) is 62.2 cm³/mol. The van der Waals surface area contributed by atoms with E-state index in [9.17, 15) is 4.79 Å². The summed E-state index contributed by atoms with van der Waals surface area (Å²) in [4.78, 5) is 11.1. The number of ether oxygens (including phenoxy) is 2. The second-order valence-corrected chi connectivity index (χ2v) is 3.33. The Labute approximate surface area is 98.6 Å². The molecule has 2 N–H and O–H groups in total. The van der Waals surface area contributed by atoms with E-state index in [0.29, 0.717) is 16.3 Å². The number of methoxy groups -OCH3 is 2. The molecule has 0 atom stereocenters. The molecule has 0 aliphatic carbocycles. The van der Waals surface area contributed by atoms with E-state index in [1.165, 1.54) is 20.3 Å². The van der Waals surface area contributed by atoms with Crippen LogP contribution in [0.3, 0.4) is 0 Å². The second kappa shape index (κ2) is 5.42. The molecule has 5 heteroatoms. The Morgan fingerprint density at radius 2 is 2.12 bits per heavy atom. The minimum atomic E-state index is -0.598. The summed E-state index contributed by atoms with van der Waals surface area (Å²) >= 11 is 6.02. The molecule has 4 nitrogen and oxygen atoms in total. The Bertz CT molecular complexity index is 429. The maximum Gasteiger partial charge on any atom is 0.353 e. The highest BCUT2D eigenvalue weighted by Crippen LogP contribution is 2.28. The summed E-state index contributed by atoms with van der Waals surface area (Å²) in [6.45, 7) is 0. The van der Waals surface area contributed by atoms with Crippen molar-refractivity contribution in [3.05, 3.63) is 34.5 Å². The average molecular weight is 242 g/mol. The van der Waals surface area contributed by atoms with Crippen molar-refractivity contribution in [2.75, 3.05) is 14.2 Å². The zero-order valence-corrected chi connectivity index (χ0v) is 9.75. The van der Waals surface area contributed by atoms with Gasteiger partial charge in [-0.05, 0) is 17.7 Å². The van der Waals surface area contributed by atoms with Crippen molar-refractivity contribution in [3.63, 3.8) is 0 Å². The Balaban J connectivity index is 3.10. The van der Waals surface area contributed by atoms with Gasteiger partial charge < -0.3 is 15.2 Å². The van der Waals surface area contributed by atoms with Gasteiger partial charge in [0.05, 0.1) is 19.2 Å². The Morgan fingerprint density at radius 3 is 2.69 bits per heavy atom. The molecule has 0 saturated carbocycles. The summed E-state index contributed by atoms with van der Waals surface area (Å²) in [6.07, 6.45) is 1.44. The molecular formula is C11H12ClNO3. The first-order chi connectivity index (χ1) is 7.60. The molecule has 0 aliphatic rings. The van der Waals surface area contributed by atoms with Gasteiger partial charge in [0.1, 0.15) is 11.4 Å². The van der Waals surface area contributed by atoms with Crippen molar-refractivity contribution < 1.29 is 14.3 Å². The third kappa shape index (κ3) is 2.67. The lowest BCUT2D eigenvalue weighted by Gasteiger charge is -2.06. The number of benzene rings is 1. The number of esters is 1. The molecule has 1 rings (SSSR count). The van der Waals surface area contributed by atoms with E-state index in [4.69, 9.17) is 22.1 Å². The van der Waals surface area contributed by atoms with Gasteiger partial charge >= 0.3 is 5.97 Å². The molecule has 0 heterocycles. The number of hydrogen-bond acceptors (Lipinski definition) is 4. The van der Waals surface area contributed by atoms with Gasteiger partial charge in [0, 0.05) is 0 Å². The first-order valence-electron chi connectivity index (χ1n) is 4.48. The van der Waals surface area contributed by atoms with E-state index >= 15 is 0 Å². The van der Waals surface area contributed by atoms with Crippen molar-refractivity contribution >= 4 is 23.6 Å². The standard InChI is InChI=1S/C11H12ClNO3/c1-15-9-5-3-4-7(10(9)12)6-8(13)11(14)16-2/h3-6H,13H2,1-2H3/b8-6-. The van der Waals surface area contributed by atoms with Crippen LogP contribution in [0.4, 0.5) is 0 Å². The molecule has 0 radical (unpaired) electrons. The van der Waals surface area contributed by atoms with Crippen LogP contribution >= 0.6 is 11.6 Å². The zero-order valence-electron chi connectivity index (χ0n) is 8.99. The van der Waals surface area contributed by atoms with E-state index in [1.54, 1.807) is 18.2 Å². The molecule has 16 heavy (non-hydrogen) atoms. The molecule has 0 amide bonds. The highest BCUT2D eigenvalue weighted by molar-refractivity contribution is 6.33. The van der Waals surface area contributed by atoms with E-state index < -0.39 is 5.97 Å². The van der Waals surface area contributed by atoms with Gasteiger partial charge in [-0.3, -0.25) is 0 Å². The maximum atomic E-state index is 11.1. The van der Waals surface area contributed by atoms with E-state index in [2.05, 4.69) is 4.74 Å². The largest absolute Gasteiger partial charge is 0.495 e. The summed E-state index contributed by atoms with van der Waals surface area (Å²) in [5, 5.41) is 0.400. The minimum Gasteiger partial charge on any atom is -0.495 e. The third-order valence-corrected chi connectivity index (χ3v) is 2.35. The number of halogens is 1. The number of rotatable bonds is 3. The van der Waals surface area contributed by atoms with Crippen LogP contribution in [0, 0.1) is 0 Å². The monoisotopic (exact) mass is 241 g/mol. The molecule has 0 fully saturated rings. The summed E-state index contributed by atoms with van der Waals surface area (Å²) in [5.41, 5.74) is 6.09. The smallest absolute Gasteiger partial charge is 0.353 e. The Kier molecular flexibility index (Phi) is 4.19. The molecule has 1 aromatic carbocycles. The van der Waals surface area contributed by atoms with E-state index in [1.807, 2.05) is 0 Å². The highest BCUT2D eigenvalue weighted by atomic mass is 35.5. The van der Waals surface area contributed by atoms with Crippen LogP contribution in [0.25, 0.3) is 6.08 Å². The molecule has 0 bridgehead atoms. The fourth-order valence-electron chi connectivity index (χ4n) is 1.14. The lowest BCUT2D eigenvalue weighted by Crippen LogP contribution is -2.12. The highest BCUT2D eigenvalue weighted by Gasteiger charge is 2.08. The summed E-state index contributed by atoms with van der Waals surface area (Å²) in [7, 11) is 2.77. The molecule has 0 aromatic heterocycles. The number of carbonyl (C=O) groups excluding carboxylic acids is 1. The van der Waals surface area contributed by atoms with Gasteiger partial charge in [-0.2, -0.15) is 0 Å². The van der Waals surface area contributed by atoms with E-state index in [0.717, 1.165) is 0 Å². The summed E-state index contributed by atoms with van der Waals surface area (Å²) < 4.78 is 9.51. The van der Waals surface area contributed by atoms with Gasteiger partial charge in [0.2, 0.25) is 0 Å². The maximum absolute atomic E-state index is 11.1. The minimum absolute atomic E-state index is 0.0161. The normalized spacial score (nSPS) is 11.1. The fraction of sp³-hybridized carbons (Fsp3) is 0.182. The van der Waals surface area contributed by atoms with Gasteiger partial charge in [-0.15, -0.1) is 0 Å². The molecule has 0 saturated heterocycles. The van der Waals surface area contributed by atoms with Crippen LogP contribution in [0.2, 0.25) is 5.02 Å². The van der Waals surface area contributed by atoms with Gasteiger partial charge in [0.15, 0.2) is 0 Å². The molecule has 0 spiro atoms. The lowest BCUT2D eigenvalue weighted by molar-refractivity contribution is -0.136. The summed E-state index contributed by atoms with van der Waals surface area (Å²) in [5.74, 6) is -0.0769. The van der Waals surface area contributed by atoms with Crippen molar-refractivity contribution in [2.24, 2.45) is 5.73 Å². The molecule has 0 aliphatic heterocycles. The Morgan fingerprint density at radius 1 is 1.44 bits per heavy atom. The first-order valence-corrected chi connectivity index (χ1v) is 4.86. The van der Waals surface area contributed by atoms with Gasteiger partial charge in [0.25, 0.3) is 0 Å². The summed E-state index contributed by atoms with van der Waals surface area (Å²) in [6, 6.07) is 5.19. The zero-order chi connectivity index (χ0) is 12.1. The molecular weight excluding hydrogens is 230 g/mol. The Hall–Kier alpha value is -1.68. The van der Waals surface area contributed by atoms with Crippen LogP contribution in [0.1, 0.15) is 5.56 Å². The van der Waals surface area contributed by atoms with Crippen LogP contribution in [0.15, 0.2) is 23.9 Å². The first kappa shape index (κ1) is 12.4. The van der Waals surface area contributed by atoms with Crippen LogP contribution in [-0.2, 0) is 9.53 Å². The van der Waals surface area contributed by atoms with Gasteiger partial charge in [-0.25, -0.2) is 4.79 Å². The predicted octanol–water partition coefficient (Wildman–Crippen LogP) is 1.82. The second-order valence-electron chi connectivity index (χ2n) is 2.95. The third-order valence-electron chi connectivity index (χ3n) is 1.95. The number of hydrogen-bond donors (Lipinski definition) is 1. The van der Waals surface area contributed by atoms with Crippen molar-refractivity contribution in [2.45, 2.75) is 0 Å². The van der Waals surface area contributed by atoms with Crippen molar-refractivity contribution in [1.29, 1.82) is 0 Å². The van der Waals surface area contributed by atoms with Crippen molar-refractivity contribution in [1.82, 2.24) is 0 Å². The molecule has 1 aromatic rings. The van der Waals surface area contributed by atoms with Crippen LogP contribution < -0.4 is 10.5 Å².